The van der Waals surface area contributed by atoms with Gasteiger partial charge in [-0.15, -0.1) is 0 Å². The maximum Gasteiger partial charge on any atom is 0.232 e. The van der Waals surface area contributed by atoms with Gasteiger partial charge in [0, 0.05) is 12.6 Å². The maximum absolute atomic E-state index is 12.0. The van der Waals surface area contributed by atoms with E-state index < -0.39 is 0 Å². The first kappa shape index (κ1) is 14.4. The monoisotopic (exact) mass is 230 g/mol. The summed E-state index contributed by atoms with van der Waals surface area (Å²) in [5.74, 6) is 0.127. The second kappa shape index (κ2) is 6.05. The Balaban J connectivity index is 4.62. The van der Waals surface area contributed by atoms with Gasteiger partial charge in [-0.25, -0.2) is 0 Å². The lowest BCUT2D eigenvalue weighted by Gasteiger charge is -2.30. The van der Waals surface area contributed by atoms with Crippen molar-refractivity contribution in [2.45, 2.75) is 40.7 Å². The van der Waals surface area contributed by atoms with Crippen LogP contribution in [0.15, 0.2) is 0 Å². The highest BCUT2D eigenvalue weighted by Gasteiger charge is 2.24. The van der Waals surface area contributed by atoms with Crippen molar-refractivity contribution in [1.29, 1.82) is 0 Å². The highest BCUT2D eigenvalue weighted by molar-refractivity contribution is 7.80. The first-order valence-electron chi connectivity index (χ1n) is 5.37. The van der Waals surface area contributed by atoms with Crippen LogP contribution < -0.4 is 5.73 Å². The zero-order valence-corrected chi connectivity index (χ0v) is 11.1. The lowest BCUT2D eigenvalue weighted by Crippen LogP contribution is -2.45. The summed E-state index contributed by atoms with van der Waals surface area (Å²) in [7, 11) is 0. The number of thiocarbonyl (C=S) groups is 1. The van der Waals surface area contributed by atoms with Crippen LogP contribution in [0, 0.1) is 11.8 Å². The smallest absolute Gasteiger partial charge is 0.232 e. The van der Waals surface area contributed by atoms with E-state index in [1.165, 1.54) is 0 Å². The van der Waals surface area contributed by atoms with Crippen molar-refractivity contribution in [2.75, 3.05) is 6.54 Å². The Morgan fingerprint density at radius 2 is 1.73 bits per heavy atom. The van der Waals surface area contributed by atoms with E-state index in [9.17, 15) is 4.79 Å². The zero-order valence-electron chi connectivity index (χ0n) is 10.3. The average molecular weight is 230 g/mol. The largest absolute Gasteiger partial charge is 0.393 e. The van der Waals surface area contributed by atoms with E-state index in [-0.39, 0.29) is 22.9 Å². The molecule has 0 rings (SSSR count). The second-order valence-electron chi connectivity index (χ2n) is 4.60. The molecule has 0 heterocycles. The van der Waals surface area contributed by atoms with Crippen LogP contribution >= 0.6 is 12.2 Å². The molecule has 0 aromatic rings. The third-order valence-corrected chi connectivity index (χ3v) is 2.62. The first-order valence-corrected chi connectivity index (χ1v) is 5.78. The topological polar surface area (TPSA) is 46.3 Å². The van der Waals surface area contributed by atoms with E-state index in [1.807, 2.05) is 18.7 Å². The molecule has 0 aliphatic rings. The van der Waals surface area contributed by atoms with E-state index in [4.69, 9.17) is 18.0 Å². The van der Waals surface area contributed by atoms with Gasteiger partial charge in [-0.3, -0.25) is 4.79 Å². The van der Waals surface area contributed by atoms with Crippen molar-refractivity contribution in [3.05, 3.63) is 0 Å². The maximum atomic E-state index is 12.0. The summed E-state index contributed by atoms with van der Waals surface area (Å²) in [5.41, 5.74) is 5.49. The first-order chi connectivity index (χ1) is 6.77. The fraction of sp³-hybridized carbons (Fsp3) is 0.818. The molecule has 3 nitrogen and oxygen atoms in total. The van der Waals surface area contributed by atoms with Crippen molar-refractivity contribution in [2.24, 2.45) is 17.6 Å². The molecule has 0 saturated heterocycles. The number of hydrogen-bond acceptors (Lipinski definition) is 2. The average Bonchev–Trinajstić information content (AvgIpc) is 2.10. The second-order valence-corrected chi connectivity index (χ2v) is 5.07. The number of nitrogens with two attached hydrogens (primary N) is 1. The third-order valence-electron chi connectivity index (χ3n) is 2.27. The Labute approximate surface area is 98.0 Å². The van der Waals surface area contributed by atoms with Crippen LogP contribution in [0.1, 0.15) is 34.6 Å². The van der Waals surface area contributed by atoms with Crippen molar-refractivity contribution < 1.29 is 4.79 Å². The molecule has 88 valence electrons. The quantitative estimate of drug-likeness (QED) is 0.733. The molecule has 0 fully saturated rings. The molecule has 0 aromatic heterocycles. The summed E-state index contributed by atoms with van der Waals surface area (Å²) >= 11 is 4.84. The van der Waals surface area contributed by atoms with Gasteiger partial charge < -0.3 is 10.6 Å². The summed E-state index contributed by atoms with van der Waals surface area (Å²) in [6.45, 7) is 10.7. The van der Waals surface area contributed by atoms with Crippen LogP contribution in [-0.4, -0.2) is 28.4 Å². The molecule has 0 spiro atoms. The summed E-state index contributed by atoms with van der Waals surface area (Å²) in [6.07, 6.45) is 0. The number of rotatable bonds is 5. The minimum atomic E-state index is -0.360. The van der Waals surface area contributed by atoms with Gasteiger partial charge in [-0.1, -0.05) is 26.1 Å². The van der Waals surface area contributed by atoms with Gasteiger partial charge in [0.05, 0.1) is 10.9 Å². The molecule has 0 aliphatic heterocycles. The van der Waals surface area contributed by atoms with E-state index >= 15 is 0 Å². The molecule has 1 amide bonds. The summed E-state index contributed by atoms with van der Waals surface area (Å²) < 4.78 is 0. The van der Waals surface area contributed by atoms with E-state index in [0.29, 0.717) is 5.92 Å². The number of carbonyl (C=O) groups is 1. The third kappa shape index (κ3) is 4.60. The highest BCUT2D eigenvalue weighted by Crippen LogP contribution is 2.10. The van der Waals surface area contributed by atoms with Crippen LogP contribution in [-0.2, 0) is 4.79 Å². The molecular formula is C11H22N2OS. The Morgan fingerprint density at radius 3 is 2.00 bits per heavy atom. The van der Waals surface area contributed by atoms with E-state index in [1.54, 1.807) is 6.92 Å². The lowest BCUT2D eigenvalue weighted by molar-refractivity contribution is -0.135. The predicted molar refractivity (Wildman–Crippen MR) is 67.6 cm³/mol. The Bertz CT molecular complexity index is 239. The zero-order chi connectivity index (χ0) is 12.2. The van der Waals surface area contributed by atoms with Gasteiger partial charge in [0.1, 0.15) is 0 Å². The van der Waals surface area contributed by atoms with Crippen molar-refractivity contribution in [1.82, 2.24) is 4.90 Å². The van der Waals surface area contributed by atoms with Crippen LogP contribution in [0.2, 0.25) is 0 Å². The highest BCUT2D eigenvalue weighted by atomic mass is 32.1. The molecule has 1 atom stereocenters. The number of amides is 1. The standard InChI is InChI=1S/C11H22N2OS/c1-7(2)6-13(8(3)4)11(14)9(5)10(12)15/h7-9H,6H2,1-5H3,(H2,12,15). The Hall–Kier alpha value is -0.640. The SMILES string of the molecule is CC(C)CN(C(=O)C(C)C(N)=S)C(C)C. The summed E-state index contributed by atoms with van der Waals surface area (Å²) in [6, 6.07) is 0.191. The van der Waals surface area contributed by atoms with Gasteiger partial charge in [0.25, 0.3) is 0 Å². The van der Waals surface area contributed by atoms with Crippen LogP contribution in [0.25, 0.3) is 0 Å². The summed E-state index contributed by atoms with van der Waals surface area (Å²) in [5, 5.41) is 0. The van der Waals surface area contributed by atoms with Gasteiger partial charge in [0.15, 0.2) is 0 Å². The number of hydrogen-bond donors (Lipinski definition) is 1. The fourth-order valence-corrected chi connectivity index (χ4v) is 1.42. The van der Waals surface area contributed by atoms with Gasteiger partial charge >= 0.3 is 0 Å². The van der Waals surface area contributed by atoms with Crippen molar-refractivity contribution in [3.63, 3.8) is 0 Å². The molecule has 15 heavy (non-hydrogen) atoms. The van der Waals surface area contributed by atoms with Crippen LogP contribution in [0.5, 0.6) is 0 Å². The van der Waals surface area contributed by atoms with Gasteiger partial charge in [-0.05, 0) is 26.7 Å². The van der Waals surface area contributed by atoms with Gasteiger partial charge in [-0.2, -0.15) is 0 Å². The lowest BCUT2D eigenvalue weighted by atomic mass is 10.1. The minimum Gasteiger partial charge on any atom is -0.393 e. The molecule has 0 bridgehead atoms. The van der Waals surface area contributed by atoms with Gasteiger partial charge in [0.2, 0.25) is 5.91 Å². The van der Waals surface area contributed by atoms with Crippen molar-refractivity contribution >= 4 is 23.1 Å². The van der Waals surface area contributed by atoms with E-state index in [0.717, 1.165) is 6.54 Å². The van der Waals surface area contributed by atoms with Crippen molar-refractivity contribution in [3.8, 4) is 0 Å². The molecule has 0 aromatic carbocycles. The predicted octanol–water partition coefficient (Wildman–Crippen LogP) is 1.80. The molecule has 0 aliphatic carbocycles. The molecular weight excluding hydrogens is 208 g/mol. The van der Waals surface area contributed by atoms with Crippen LogP contribution in [0.4, 0.5) is 0 Å². The Morgan fingerprint density at radius 1 is 1.27 bits per heavy atom. The molecule has 1 unspecified atom stereocenters. The summed E-state index contributed by atoms with van der Waals surface area (Å²) in [4.78, 5) is 14.1. The molecule has 0 saturated carbocycles. The number of carbonyl (C=O) groups excluding carboxylic acids is 1. The Kier molecular flexibility index (Phi) is 5.80. The molecule has 0 radical (unpaired) electrons. The molecule has 4 heteroatoms. The normalized spacial score (nSPS) is 13.0. The fourth-order valence-electron chi connectivity index (χ4n) is 1.32. The van der Waals surface area contributed by atoms with Crippen LogP contribution in [0.3, 0.4) is 0 Å². The number of nitrogens with zero attached hydrogens (tertiary/aromatic N) is 1. The van der Waals surface area contributed by atoms with E-state index in [2.05, 4.69) is 13.8 Å². The molecule has 2 N–H and O–H groups in total. The minimum absolute atomic E-state index is 0.0335.